The van der Waals surface area contributed by atoms with Crippen molar-refractivity contribution >= 4 is 28.6 Å². The number of nitrogens with one attached hydrogen (secondary N) is 3. The Kier molecular flexibility index (Phi) is 8.95. The van der Waals surface area contributed by atoms with E-state index in [0.29, 0.717) is 17.4 Å². The number of fused-ring (bicyclic) bond motifs is 1. The number of aliphatic hydroxyl groups excluding tert-OH is 2. The van der Waals surface area contributed by atoms with Crippen molar-refractivity contribution in [3.05, 3.63) is 65.6 Å². The number of rotatable bonds is 10. The van der Waals surface area contributed by atoms with Gasteiger partial charge in [0.2, 0.25) is 11.8 Å². The van der Waals surface area contributed by atoms with Gasteiger partial charge in [0.1, 0.15) is 11.9 Å². The Hall–Kier alpha value is -3.83. The van der Waals surface area contributed by atoms with Crippen LogP contribution < -0.4 is 16.0 Å². The first-order valence-corrected chi connectivity index (χ1v) is 11.8. The number of para-hydroxylation sites is 1. The summed E-state index contributed by atoms with van der Waals surface area (Å²) in [4.78, 5) is 38.2. The van der Waals surface area contributed by atoms with Crippen molar-refractivity contribution in [2.45, 2.75) is 39.5 Å². The highest BCUT2D eigenvalue weighted by Crippen LogP contribution is 2.23. The lowest BCUT2D eigenvalue weighted by Crippen LogP contribution is -2.55. The van der Waals surface area contributed by atoms with Crippen LogP contribution in [0.4, 0.5) is 4.39 Å². The molecule has 2 aromatic carbocycles. The van der Waals surface area contributed by atoms with Gasteiger partial charge in [0.15, 0.2) is 5.69 Å². The standard InChI is InChI=1S/C26H32FN5O5/c1-26(2,3)23(25(37)29-13-21(35)28-12-18(34)15-33)30-24(36)22-19-6-4-5-7-20(19)32(31-22)14-16-8-10-17(27)11-9-16/h4-11,18,23,33-34H,12-15H2,1-3H3,(H,28,35)(H,29,37)(H,30,36)/t18-,23-/m1/s1. The van der Waals surface area contributed by atoms with Crippen LogP contribution in [0.25, 0.3) is 10.9 Å². The number of aliphatic hydroxyl groups is 2. The maximum absolute atomic E-state index is 13.3. The molecule has 10 nitrogen and oxygen atoms in total. The normalized spacial score (nSPS) is 13.1. The second-order valence-electron chi connectivity index (χ2n) is 9.78. The lowest BCUT2D eigenvalue weighted by molar-refractivity contribution is -0.129. The van der Waals surface area contributed by atoms with Crippen LogP contribution in [0.3, 0.4) is 0 Å². The molecule has 5 N–H and O–H groups in total. The van der Waals surface area contributed by atoms with Crippen molar-refractivity contribution in [1.82, 2.24) is 25.7 Å². The molecule has 0 aliphatic heterocycles. The van der Waals surface area contributed by atoms with Crippen molar-refractivity contribution < 1.29 is 29.0 Å². The summed E-state index contributed by atoms with van der Waals surface area (Å²) in [6.07, 6.45) is -1.10. The first-order valence-electron chi connectivity index (χ1n) is 11.8. The Morgan fingerprint density at radius 2 is 1.73 bits per heavy atom. The Morgan fingerprint density at radius 1 is 1.05 bits per heavy atom. The number of amides is 3. The Balaban J connectivity index is 1.76. The van der Waals surface area contributed by atoms with Crippen LogP contribution in [0.15, 0.2) is 48.5 Å². The van der Waals surface area contributed by atoms with Crippen LogP contribution in [0.1, 0.15) is 36.8 Å². The number of nitrogens with zero attached hydrogens (tertiary/aromatic N) is 2. The van der Waals surface area contributed by atoms with Gasteiger partial charge < -0.3 is 26.2 Å². The Labute approximate surface area is 213 Å². The van der Waals surface area contributed by atoms with E-state index in [2.05, 4.69) is 21.0 Å². The summed E-state index contributed by atoms with van der Waals surface area (Å²) in [6.45, 7) is 4.63. The zero-order chi connectivity index (χ0) is 27.2. The number of carbonyl (C=O) groups excluding carboxylic acids is 3. The van der Waals surface area contributed by atoms with Gasteiger partial charge in [0.25, 0.3) is 5.91 Å². The zero-order valence-corrected chi connectivity index (χ0v) is 21.0. The largest absolute Gasteiger partial charge is 0.394 e. The van der Waals surface area contributed by atoms with Gasteiger partial charge in [-0.15, -0.1) is 0 Å². The van der Waals surface area contributed by atoms with Crippen LogP contribution in [0, 0.1) is 11.2 Å². The van der Waals surface area contributed by atoms with Gasteiger partial charge in [-0.3, -0.25) is 19.1 Å². The molecule has 1 heterocycles. The van der Waals surface area contributed by atoms with Crippen LogP contribution in [-0.4, -0.2) is 69.6 Å². The van der Waals surface area contributed by atoms with Crippen LogP contribution >= 0.6 is 0 Å². The van der Waals surface area contributed by atoms with E-state index in [1.807, 2.05) is 12.1 Å². The van der Waals surface area contributed by atoms with Gasteiger partial charge in [0, 0.05) is 11.9 Å². The molecular formula is C26H32FN5O5. The number of hydrogen-bond donors (Lipinski definition) is 5. The molecule has 0 aliphatic carbocycles. The fourth-order valence-corrected chi connectivity index (χ4v) is 3.68. The summed E-state index contributed by atoms with van der Waals surface area (Å²) in [6, 6.07) is 12.2. The molecule has 0 unspecified atom stereocenters. The maximum atomic E-state index is 13.3. The average Bonchev–Trinajstić information content (AvgIpc) is 3.23. The molecule has 0 fully saturated rings. The highest BCUT2D eigenvalue weighted by Gasteiger charge is 2.34. The maximum Gasteiger partial charge on any atom is 0.273 e. The third-order valence-electron chi connectivity index (χ3n) is 5.69. The smallest absolute Gasteiger partial charge is 0.273 e. The van der Waals surface area contributed by atoms with E-state index in [4.69, 9.17) is 5.11 Å². The van der Waals surface area contributed by atoms with Crippen molar-refractivity contribution in [1.29, 1.82) is 0 Å². The van der Waals surface area contributed by atoms with E-state index in [0.717, 1.165) is 5.56 Å². The van der Waals surface area contributed by atoms with Gasteiger partial charge in [0.05, 0.1) is 31.3 Å². The van der Waals surface area contributed by atoms with Crippen molar-refractivity contribution in [3.63, 3.8) is 0 Å². The number of halogens is 1. The van der Waals surface area contributed by atoms with E-state index in [-0.39, 0.29) is 24.6 Å². The van der Waals surface area contributed by atoms with E-state index in [1.165, 1.54) is 12.1 Å². The minimum absolute atomic E-state index is 0.135. The summed E-state index contributed by atoms with van der Waals surface area (Å²) in [5, 5.41) is 30.9. The fourth-order valence-electron chi connectivity index (χ4n) is 3.68. The van der Waals surface area contributed by atoms with E-state index in [9.17, 15) is 23.9 Å². The second-order valence-corrected chi connectivity index (χ2v) is 9.78. The molecule has 3 amide bonds. The molecule has 0 saturated carbocycles. The molecular weight excluding hydrogens is 481 g/mol. The zero-order valence-electron chi connectivity index (χ0n) is 21.0. The molecule has 3 aromatic rings. The van der Waals surface area contributed by atoms with Crippen molar-refractivity contribution in [3.8, 4) is 0 Å². The molecule has 37 heavy (non-hydrogen) atoms. The lowest BCUT2D eigenvalue weighted by Gasteiger charge is -2.30. The average molecular weight is 514 g/mol. The Bertz CT molecular complexity index is 1250. The van der Waals surface area contributed by atoms with Gasteiger partial charge in [-0.25, -0.2) is 4.39 Å². The summed E-state index contributed by atoms with van der Waals surface area (Å²) in [5.41, 5.74) is 0.944. The molecule has 198 valence electrons. The number of benzene rings is 2. The third kappa shape index (κ3) is 7.34. The summed E-state index contributed by atoms with van der Waals surface area (Å²) in [5.74, 6) is -2.01. The topological polar surface area (TPSA) is 146 Å². The first kappa shape index (κ1) is 27.8. The van der Waals surface area contributed by atoms with Crippen molar-refractivity contribution in [2.75, 3.05) is 19.7 Å². The fraction of sp³-hybridized carbons (Fsp3) is 0.385. The predicted octanol–water partition coefficient (Wildman–Crippen LogP) is 0.954. The highest BCUT2D eigenvalue weighted by atomic mass is 19.1. The van der Waals surface area contributed by atoms with Crippen molar-refractivity contribution in [2.24, 2.45) is 5.41 Å². The highest BCUT2D eigenvalue weighted by molar-refractivity contribution is 6.06. The minimum Gasteiger partial charge on any atom is -0.394 e. The SMILES string of the molecule is CC(C)(C)[C@H](NC(=O)c1nn(Cc2ccc(F)cc2)c2ccccc12)C(=O)NCC(=O)NC[C@@H](O)CO. The number of aromatic nitrogens is 2. The van der Waals surface area contributed by atoms with E-state index in [1.54, 1.807) is 49.7 Å². The third-order valence-corrected chi connectivity index (χ3v) is 5.69. The van der Waals surface area contributed by atoms with Gasteiger partial charge in [-0.2, -0.15) is 5.10 Å². The van der Waals surface area contributed by atoms with Gasteiger partial charge >= 0.3 is 0 Å². The van der Waals surface area contributed by atoms with Crippen LogP contribution in [0.2, 0.25) is 0 Å². The minimum atomic E-state index is -1.10. The molecule has 0 spiro atoms. The monoisotopic (exact) mass is 513 g/mol. The van der Waals surface area contributed by atoms with Gasteiger partial charge in [-0.05, 0) is 29.2 Å². The van der Waals surface area contributed by atoms with Crippen LogP contribution in [-0.2, 0) is 16.1 Å². The quantitative estimate of drug-likeness (QED) is 0.273. The van der Waals surface area contributed by atoms with Gasteiger partial charge in [-0.1, -0.05) is 51.1 Å². The lowest BCUT2D eigenvalue weighted by atomic mass is 9.86. The summed E-state index contributed by atoms with van der Waals surface area (Å²) < 4.78 is 15.0. The van der Waals surface area contributed by atoms with E-state index >= 15 is 0 Å². The molecule has 3 rings (SSSR count). The Morgan fingerprint density at radius 3 is 2.38 bits per heavy atom. The van der Waals surface area contributed by atoms with E-state index < -0.39 is 41.9 Å². The molecule has 0 aliphatic rings. The molecule has 1 aromatic heterocycles. The molecule has 0 bridgehead atoms. The van der Waals surface area contributed by atoms with Crippen LogP contribution in [0.5, 0.6) is 0 Å². The first-order chi connectivity index (χ1) is 17.5. The predicted molar refractivity (Wildman–Crippen MR) is 135 cm³/mol. The molecule has 0 saturated heterocycles. The number of carbonyl (C=O) groups is 3. The molecule has 0 radical (unpaired) electrons. The second kappa shape index (κ2) is 11.9. The molecule has 2 atom stereocenters. The molecule has 11 heteroatoms. The summed E-state index contributed by atoms with van der Waals surface area (Å²) in [7, 11) is 0. The number of hydrogen-bond acceptors (Lipinski definition) is 6. The summed E-state index contributed by atoms with van der Waals surface area (Å²) >= 11 is 0.